The van der Waals surface area contributed by atoms with Gasteiger partial charge in [-0.15, -0.1) is 0 Å². The Morgan fingerprint density at radius 3 is 1.19 bits per heavy atom. The number of rotatable bonds is 8. The molecule has 3 rings (SSSR count). The molecule has 0 fully saturated rings. The Morgan fingerprint density at radius 2 is 0.889 bits per heavy atom. The van der Waals surface area contributed by atoms with Crippen LogP contribution in [-0.4, -0.2) is 13.2 Å². The van der Waals surface area contributed by atoms with Crippen molar-refractivity contribution in [1.29, 1.82) is 0 Å². The van der Waals surface area contributed by atoms with Crippen molar-refractivity contribution in [3.05, 3.63) is 94.0 Å². The van der Waals surface area contributed by atoms with Gasteiger partial charge in [-0.25, -0.2) is 0 Å². The van der Waals surface area contributed by atoms with E-state index in [1.54, 1.807) is 0 Å². The molecule has 3 aromatic rings. The highest BCUT2D eigenvalue weighted by Gasteiger charge is 2.16. The second-order valence-electron chi connectivity index (χ2n) is 11.2. The average Bonchev–Trinajstić information content (AvgIpc) is 2.82. The number of hydrogen-bond donors (Lipinski definition) is 0. The molecule has 0 aliphatic rings. The Kier molecular flexibility index (Phi) is 8.84. The minimum absolute atomic E-state index is 0.0930. The first kappa shape index (κ1) is 27.3. The number of benzene rings is 3. The molecule has 190 valence electrons. The third kappa shape index (κ3) is 7.37. The van der Waals surface area contributed by atoms with Gasteiger partial charge in [0.05, 0.1) is 13.2 Å². The lowest BCUT2D eigenvalue weighted by molar-refractivity contribution is 0.339. The second kappa shape index (κ2) is 11.6. The molecule has 0 saturated heterocycles. The van der Waals surface area contributed by atoms with Crippen molar-refractivity contribution in [1.82, 2.24) is 0 Å². The van der Waals surface area contributed by atoms with Gasteiger partial charge in [-0.1, -0.05) is 102 Å². The van der Waals surface area contributed by atoms with Gasteiger partial charge in [-0.05, 0) is 71.2 Å². The summed E-state index contributed by atoms with van der Waals surface area (Å²) in [5.74, 6) is 1.84. The quantitative estimate of drug-likeness (QED) is 0.298. The molecule has 3 aromatic carbocycles. The fourth-order valence-electron chi connectivity index (χ4n) is 3.95. The van der Waals surface area contributed by atoms with Crippen molar-refractivity contribution in [3.63, 3.8) is 0 Å². The lowest BCUT2D eigenvalue weighted by Gasteiger charge is -2.20. The third-order valence-corrected chi connectivity index (χ3v) is 6.20. The van der Waals surface area contributed by atoms with E-state index in [4.69, 9.17) is 9.47 Å². The van der Waals surface area contributed by atoms with E-state index in [2.05, 4.69) is 127 Å². The largest absolute Gasteiger partial charge is 0.493 e. The minimum Gasteiger partial charge on any atom is -0.493 e. The molecule has 0 unspecified atom stereocenters. The standard InChI is InChI=1S/C34H42O2/c1-9-35-31-21-19-29(33(3,4)5)23-27(31)17-15-25-11-13-26(14-12-25)16-18-28-24-30(34(6,7)8)20-22-32(28)36-10-2/h11-24H,9-10H2,1-8H3/b17-15+,18-16+. The van der Waals surface area contributed by atoms with Gasteiger partial charge in [-0.2, -0.15) is 0 Å². The first-order chi connectivity index (χ1) is 17.0. The summed E-state index contributed by atoms with van der Waals surface area (Å²) in [6.45, 7) is 18.8. The smallest absolute Gasteiger partial charge is 0.126 e. The zero-order valence-electron chi connectivity index (χ0n) is 23.3. The molecule has 0 aliphatic heterocycles. The van der Waals surface area contributed by atoms with E-state index >= 15 is 0 Å². The van der Waals surface area contributed by atoms with E-state index in [0.717, 1.165) is 33.8 Å². The maximum Gasteiger partial charge on any atom is 0.126 e. The van der Waals surface area contributed by atoms with E-state index in [0.29, 0.717) is 13.2 Å². The summed E-state index contributed by atoms with van der Waals surface area (Å²) in [5, 5.41) is 0. The zero-order valence-corrected chi connectivity index (χ0v) is 23.3. The van der Waals surface area contributed by atoms with Gasteiger partial charge in [-0.3, -0.25) is 0 Å². The molecule has 0 spiro atoms. The maximum absolute atomic E-state index is 5.87. The summed E-state index contributed by atoms with van der Waals surface area (Å²) in [6, 6.07) is 21.6. The van der Waals surface area contributed by atoms with E-state index in [-0.39, 0.29) is 10.8 Å². The van der Waals surface area contributed by atoms with Crippen molar-refractivity contribution < 1.29 is 9.47 Å². The zero-order chi connectivity index (χ0) is 26.3. The van der Waals surface area contributed by atoms with Crippen LogP contribution in [0.1, 0.15) is 88.8 Å². The highest BCUT2D eigenvalue weighted by Crippen LogP contribution is 2.31. The molecule has 2 heteroatoms. The van der Waals surface area contributed by atoms with Crippen LogP contribution in [0.3, 0.4) is 0 Å². The topological polar surface area (TPSA) is 18.5 Å². The Labute approximate surface area is 218 Å². The second-order valence-corrected chi connectivity index (χ2v) is 11.2. The van der Waals surface area contributed by atoms with Crippen molar-refractivity contribution in [2.24, 2.45) is 0 Å². The van der Waals surface area contributed by atoms with Gasteiger partial charge in [0.2, 0.25) is 0 Å². The first-order valence-electron chi connectivity index (χ1n) is 13.0. The molecule has 36 heavy (non-hydrogen) atoms. The van der Waals surface area contributed by atoms with Crippen LogP contribution in [0.5, 0.6) is 11.5 Å². The Morgan fingerprint density at radius 1 is 0.528 bits per heavy atom. The van der Waals surface area contributed by atoms with Crippen LogP contribution in [0.2, 0.25) is 0 Å². The average molecular weight is 483 g/mol. The predicted octanol–water partition coefficient (Wildman–Crippen LogP) is 9.42. The fourth-order valence-corrected chi connectivity index (χ4v) is 3.95. The van der Waals surface area contributed by atoms with E-state index < -0.39 is 0 Å². The molecule has 0 aromatic heterocycles. The van der Waals surface area contributed by atoms with Crippen LogP contribution < -0.4 is 9.47 Å². The van der Waals surface area contributed by atoms with Gasteiger partial charge >= 0.3 is 0 Å². The molecular formula is C34H42O2. The van der Waals surface area contributed by atoms with Gasteiger partial charge < -0.3 is 9.47 Å². The van der Waals surface area contributed by atoms with Gasteiger partial charge in [0.15, 0.2) is 0 Å². The van der Waals surface area contributed by atoms with Crippen molar-refractivity contribution in [3.8, 4) is 11.5 Å². The normalized spacial score (nSPS) is 12.4. The van der Waals surface area contributed by atoms with E-state index in [1.807, 2.05) is 13.8 Å². The summed E-state index contributed by atoms with van der Waals surface area (Å²) < 4.78 is 11.7. The van der Waals surface area contributed by atoms with Crippen LogP contribution in [0.15, 0.2) is 60.7 Å². The molecule has 0 bridgehead atoms. The summed E-state index contributed by atoms with van der Waals surface area (Å²) in [4.78, 5) is 0. The van der Waals surface area contributed by atoms with Crippen molar-refractivity contribution >= 4 is 24.3 Å². The fraction of sp³-hybridized carbons (Fsp3) is 0.353. The van der Waals surface area contributed by atoms with Crippen LogP contribution in [0.25, 0.3) is 24.3 Å². The molecule has 0 aliphatic carbocycles. The van der Waals surface area contributed by atoms with Crippen LogP contribution >= 0.6 is 0 Å². The van der Waals surface area contributed by atoms with E-state index in [9.17, 15) is 0 Å². The van der Waals surface area contributed by atoms with E-state index in [1.165, 1.54) is 11.1 Å². The summed E-state index contributed by atoms with van der Waals surface area (Å²) in [6.07, 6.45) is 8.60. The number of ether oxygens (including phenoxy) is 2. The Hall–Kier alpha value is -3.26. The molecule has 0 amide bonds. The minimum atomic E-state index is 0.0930. The van der Waals surface area contributed by atoms with Gasteiger partial charge in [0.25, 0.3) is 0 Å². The van der Waals surface area contributed by atoms with Crippen LogP contribution in [0.4, 0.5) is 0 Å². The van der Waals surface area contributed by atoms with Crippen LogP contribution in [-0.2, 0) is 10.8 Å². The third-order valence-electron chi connectivity index (χ3n) is 6.20. The molecule has 0 heterocycles. The molecule has 0 radical (unpaired) electrons. The maximum atomic E-state index is 5.87. The van der Waals surface area contributed by atoms with Gasteiger partial charge in [0.1, 0.15) is 11.5 Å². The van der Waals surface area contributed by atoms with Crippen LogP contribution in [0, 0.1) is 0 Å². The monoisotopic (exact) mass is 482 g/mol. The highest BCUT2D eigenvalue weighted by atomic mass is 16.5. The lowest BCUT2D eigenvalue weighted by Crippen LogP contribution is -2.11. The molecule has 0 saturated carbocycles. The Balaban J connectivity index is 1.82. The Bertz CT molecular complexity index is 1100. The summed E-state index contributed by atoms with van der Waals surface area (Å²) in [5.41, 5.74) is 7.30. The van der Waals surface area contributed by atoms with Gasteiger partial charge in [0, 0.05) is 11.1 Å². The molecule has 0 atom stereocenters. The first-order valence-corrected chi connectivity index (χ1v) is 13.0. The SMILES string of the molecule is CCOc1ccc(C(C)(C)C)cc1/C=C/c1ccc(/C=C/c2cc(C(C)(C)C)ccc2OCC)cc1. The number of hydrogen-bond acceptors (Lipinski definition) is 2. The molecule has 2 nitrogen and oxygen atoms in total. The lowest BCUT2D eigenvalue weighted by atomic mass is 9.86. The molecule has 0 N–H and O–H groups in total. The predicted molar refractivity (Wildman–Crippen MR) is 157 cm³/mol. The molecular weight excluding hydrogens is 440 g/mol. The summed E-state index contributed by atoms with van der Waals surface area (Å²) >= 11 is 0. The van der Waals surface area contributed by atoms with Crippen molar-refractivity contribution in [2.75, 3.05) is 13.2 Å². The summed E-state index contributed by atoms with van der Waals surface area (Å²) in [7, 11) is 0. The highest BCUT2D eigenvalue weighted by molar-refractivity contribution is 5.76. The van der Waals surface area contributed by atoms with Crippen molar-refractivity contribution in [2.45, 2.75) is 66.2 Å².